The summed E-state index contributed by atoms with van der Waals surface area (Å²) in [7, 11) is 0. The highest BCUT2D eigenvalue weighted by Gasteiger charge is 2.60. The third-order valence-corrected chi connectivity index (χ3v) is 5.60. The number of thiazole rings is 1. The first kappa shape index (κ1) is 13.8. The molecule has 20 heavy (non-hydrogen) atoms. The lowest BCUT2D eigenvalue weighted by molar-refractivity contribution is -0.118. The van der Waals surface area contributed by atoms with Gasteiger partial charge in [0.15, 0.2) is 5.13 Å². The lowest BCUT2D eigenvalue weighted by atomic mass is 10.1. The Morgan fingerprint density at radius 2 is 2.15 bits per heavy atom. The molecule has 0 saturated heterocycles. The van der Waals surface area contributed by atoms with Gasteiger partial charge in [-0.15, -0.1) is 11.3 Å². The first-order chi connectivity index (χ1) is 9.39. The molecule has 108 valence electrons. The van der Waals surface area contributed by atoms with Gasteiger partial charge in [0.1, 0.15) is 0 Å². The van der Waals surface area contributed by atoms with Gasteiger partial charge in [0.05, 0.1) is 11.6 Å². The summed E-state index contributed by atoms with van der Waals surface area (Å²) >= 11 is 1.65. The predicted octanol–water partition coefficient (Wildman–Crippen LogP) is 3.81. The molecule has 0 spiro atoms. The average Bonchev–Trinajstić information content (AvgIpc) is 2.69. The first-order valence-electron chi connectivity index (χ1n) is 7.34. The van der Waals surface area contributed by atoms with E-state index in [2.05, 4.69) is 44.1 Å². The molecule has 1 saturated carbocycles. The van der Waals surface area contributed by atoms with Crippen LogP contribution < -0.4 is 5.32 Å². The number of fused-ring (bicyclic) bond motifs is 1. The van der Waals surface area contributed by atoms with Crippen LogP contribution in [0.1, 0.15) is 44.7 Å². The minimum atomic E-state index is 0.0708. The van der Waals surface area contributed by atoms with Crippen LogP contribution in [0, 0.1) is 17.3 Å². The molecule has 2 aliphatic carbocycles. The molecular weight excluding hydrogens is 268 g/mol. The second-order valence-electron chi connectivity index (χ2n) is 6.80. The van der Waals surface area contributed by atoms with E-state index in [4.69, 9.17) is 0 Å². The van der Waals surface area contributed by atoms with E-state index < -0.39 is 0 Å². The molecule has 4 heteroatoms. The zero-order valence-electron chi connectivity index (χ0n) is 12.6. The van der Waals surface area contributed by atoms with Crippen LogP contribution in [0.5, 0.6) is 0 Å². The van der Waals surface area contributed by atoms with Gasteiger partial charge < -0.3 is 5.32 Å². The quantitative estimate of drug-likeness (QED) is 0.860. The summed E-state index contributed by atoms with van der Waals surface area (Å²) in [6, 6.07) is 0. The third kappa shape index (κ3) is 2.30. The highest BCUT2D eigenvalue weighted by atomic mass is 32.1. The molecule has 0 bridgehead atoms. The summed E-state index contributed by atoms with van der Waals surface area (Å²) in [6.07, 6.45) is 5.63. The number of aromatic nitrogens is 1. The van der Waals surface area contributed by atoms with Crippen LogP contribution in [0.4, 0.5) is 5.13 Å². The number of allylic oxidation sites excluding steroid dienone is 2. The number of nitrogens with one attached hydrogen (secondary N) is 1. The molecule has 3 rings (SSSR count). The number of hydrogen-bond acceptors (Lipinski definition) is 3. The number of carbonyl (C=O) groups is 1. The van der Waals surface area contributed by atoms with Crippen molar-refractivity contribution in [2.24, 2.45) is 17.3 Å². The number of carbonyl (C=O) groups excluding carboxylic acids is 1. The molecule has 1 amide bonds. The number of anilines is 1. The number of nitrogens with zero attached hydrogens (tertiary/aromatic N) is 1. The van der Waals surface area contributed by atoms with Crippen LogP contribution in [0.2, 0.25) is 0 Å². The van der Waals surface area contributed by atoms with Crippen LogP contribution in [-0.4, -0.2) is 10.9 Å². The van der Waals surface area contributed by atoms with Crippen LogP contribution in [0.25, 0.3) is 0 Å². The van der Waals surface area contributed by atoms with E-state index in [-0.39, 0.29) is 17.2 Å². The van der Waals surface area contributed by atoms with Gasteiger partial charge in [-0.3, -0.25) is 4.79 Å². The van der Waals surface area contributed by atoms with Gasteiger partial charge in [0, 0.05) is 4.88 Å². The van der Waals surface area contributed by atoms with Gasteiger partial charge in [0.2, 0.25) is 5.91 Å². The van der Waals surface area contributed by atoms with Gasteiger partial charge in [-0.25, -0.2) is 4.98 Å². The van der Waals surface area contributed by atoms with E-state index in [1.807, 2.05) is 0 Å². The zero-order chi connectivity index (χ0) is 14.5. The SMILES string of the molecule is CC(C)=C[C@H]1[C@H](C(=O)Nc2nc3c(s2)CCC3)C1(C)C. The second-order valence-corrected chi connectivity index (χ2v) is 7.88. The van der Waals surface area contributed by atoms with Crippen molar-refractivity contribution in [3.8, 4) is 0 Å². The number of hydrogen-bond donors (Lipinski definition) is 1. The largest absolute Gasteiger partial charge is 0.302 e. The van der Waals surface area contributed by atoms with Crippen LogP contribution >= 0.6 is 11.3 Å². The summed E-state index contributed by atoms with van der Waals surface area (Å²) in [5.74, 6) is 0.570. The summed E-state index contributed by atoms with van der Waals surface area (Å²) in [5, 5.41) is 3.82. The standard InChI is InChI=1S/C16H22N2OS/c1-9(2)8-10-13(16(10,3)4)14(19)18-15-17-11-6-5-7-12(11)20-15/h8,10,13H,5-7H2,1-4H3,(H,17,18,19)/t10-,13+/m0/s1. The van der Waals surface area contributed by atoms with Crippen LogP contribution in [0.15, 0.2) is 11.6 Å². The zero-order valence-corrected chi connectivity index (χ0v) is 13.4. The molecule has 0 aromatic carbocycles. The lowest BCUT2D eigenvalue weighted by Crippen LogP contribution is -2.16. The molecule has 3 nitrogen and oxygen atoms in total. The average molecular weight is 290 g/mol. The van der Waals surface area contributed by atoms with Crippen LogP contribution in [0.3, 0.4) is 0 Å². The topological polar surface area (TPSA) is 42.0 Å². The van der Waals surface area contributed by atoms with Crippen LogP contribution in [-0.2, 0) is 17.6 Å². The van der Waals surface area contributed by atoms with Gasteiger partial charge in [0.25, 0.3) is 0 Å². The number of rotatable bonds is 3. The molecule has 1 heterocycles. The monoisotopic (exact) mass is 290 g/mol. The second kappa shape index (κ2) is 4.69. The van der Waals surface area contributed by atoms with Gasteiger partial charge in [-0.2, -0.15) is 0 Å². The van der Waals surface area contributed by atoms with Crippen molar-refractivity contribution in [3.63, 3.8) is 0 Å². The van der Waals surface area contributed by atoms with Gasteiger partial charge in [-0.1, -0.05) is 25.5 Å². The van der Waals surface area contributed by atoms with E-state index in [0.29, 0.717) is 5.92 Å². The molecular formula is C16H22N2OS. The highest BCUT2D eigenvalue weighted by Crippen LogP contribution is 2.59. The molecule has 2 aliphatic rings. The van der Waals surface area contributed by atoms with E-state index in [1.165, 1.54) is 22.6 Å². The molecule has 1 aromatic rings. The fraction of sp³-hybridized carbons (Fsp3) is 0.625. The molecule has 0 radical (unpaired) electrons. The Hall–Kier alpha value is -1.16. The smallest absolute Gasteiger partial charge is 0.230 e. The molecule has 2 atom stereocenters. The highest BCUT2D eigenvalue weighted by molar-refractivity contribution is 7.15. The van der Waals surface area contributed by atoms with Crippen molar-refractivity contribution in [2.45, 2.75) is 47.0 Å². The fourth-order valence-electron chi connectivity index (χ4n) is 3.28. The van der Waals surface area contributed by atoms with Gasteiger partial charge >= 0.3 is 0 Å². The summed E-state index contributed by atoms with van der Waals surface area (Å²) in [5.41, 5.74) is 2.55. The van der Waals surface area contributed by atoms with Crippen molar-refractivity contribution in [2.75, 3.05) is 5.32 Å². The van der Waals surface area contributed by atoms with Crippen molar-refractivity contribution < 1.29 is 4.79 Å². The van der Waals surface area contributed by atoms with Crippen molar-refractivity contribution in [3.05, 3.63) is 22.2 Å². The maximum Gasteiger partial charge on any atom is 0.230 e. The molecule has 1 aromatic heterocycles. The third-order valence-electron chi connectivity index (χ3n) is 4.53. The predicted molar refractivity (Wildman–Crippen MR) is 83.0 cm³/mol. The first-order valence-corrected chi connectivity index (χ1v) is 8.15. The molecule has 1 N–H and O–H groups in total. The minimum Gasteiger partial charge on any atom is -0.302 e. The summed E-state index contributed by atoms with van der Waals surface area (Å²) in [6.45, 7) is 8.52. The van der Waals surface area contributed by atoms with Crippen molar-refractivity contribution in [1.29, 1.82) is 0 Å². The maximum atomic E-state index is 12.4. The molecule has 0 aliphatic heterocycles. The maximum absolute atomic E-state index is 12.4. The molecule has 0 unspecified atom stereocenters. The van der Waals surface area contributed by atoms with Gasteiger partial charge in [-0.05, 0) is 44.4 Å². The summed E-state index contributed by atoms with van der Waals surface area (Å²) in [4.78, 5) is 18.3. The fourth-order valence-corrected chi connectivity index (χ4v) is 4.33. The van der Waals surface area contributed by atoms with E-state index >= 15 is 0 Å². The minimum absolute atomic E-state index is 0.0708. The Labute approximate surface area is 124 Å². The normalized spacial score (nSPS) is 26.0. The Bertz CT molecular complexity index is 560. The van der Waals surface area contributed by atoms with Crippen molar-refractivity contribution >= 4 is 22.4 Å². The lowest BCUT2D eigenvalue weighted by Gasteiger charge is -2.02. The number of amides is 1. The summed E-state index contributed by atoms with van der Waals surface area (Å²) < 4.78 is 0. The Balaban J connectivity index is 1.69. The van der Waals surface area contributed by atoms with E-state index in [9.17, 15) is 4.79 Å². The Morgan fingerprint density at radius 1 is 1.40 bits per heavy atom. The van der Waals surface area contributed by atoms with E-state index in [0.717, 1.165) is 18.0 Å². The Kier molecular flexibility index (Phi) is 3.24. The molecule has 1 fully saturated rings. The van der Waals surface area contributed by atoms with E-state index in [1.54, 1.807) is 11.3 Å². The Morgan fingerprint density at radius 3 is 2.80 bits per heavy atom. The number of aryl methyl sites for hydroxylation is 2. The van der Waals surface area contributed by atoms with Crippen molar-refractivity contribution in [1.82, 2.24) is 4.98 Å².